The molecule has 0 fully saturated rings. The third kappa shape index (κ3) is 5.31. The van der Waals surface area contributed by atoms with Crippen LogP contribution in [0, 0.1) is 5.82 Å². The van der Waals surface area contributed by atoms with Gasteiger partial charge in [0.25, 0.3) is 0 Å². The highest BCUT2D eigenvalue weighted by Crippen LogP contribution is 2.40. The Balaban J connectivity index is 1.26. The summed E-state index contributed by atoms with van der Waals surface area (Å²) >= 11 is 6.30. The quantitative estimate of drug-likeness (QED) is 0.247. The zero-order valence-corrected chi connectivity index (χ0v) is 21.6. The van der Waals surface area contributed by atoms with Crippen molar-refractivity contribution in [2.75, 3.05) is 13.2 Å². The summed E-state index contributed by atoms with van der Waals surface area (Å²) in [6.07, 6.45) is 4.19. The van der Waals surface area contributed by atoms with Crippen LogP contribution in [0.15, 0.2) is 79.1 Å². The number of nitrogens with one attached hydrogen (secondary N) is 1. The van der Waals surface area contributed by atoms with Gasteiger partial charge in [0.1, 0.15) is 23.4 Å². The lowest BCUT2D eigenvalue weighted by molar-refractivity contribution is 0.135. The zero-order valence-electron chi connectivity index (χ0n) is 20.9. The highest BCUT2D eigenvalue weighted by atomic mass is 35.5. The van der Waals surface area contributed by atoms with E-state index < -0.39 is 18.0 Å². The lowest BCUT2D eigenvalue weighted by Crippen LogP contribution is -2.42. The number of carbonyl (C=O) groups excluding carboxylic acids is 1. The van der Waals surface area contributed by atoms with Gasteiger partial charge < -0.3 is 14.5 Å². The lowest BCUT2D eigenvalue weighted by Gasteiger charge is -2.35. The number of H-pyrrole nitrogens is 1. The van der Waals surface area contributed by atoms with Crippen LogP contribution in [-0.2, 0) is 13.0 Å². The van der Waals surface area contributed by atoms with Crippen molar-refractivity contribution in [3.05, 3.63) is 107 Å². The molecule has 0 aliphatic carbocycles. The fourth-order valence-corrected chi connectivity index (χ4v) is 5.14. The van der Waals surface area contributed by atoms with E-state index in [2.05, 4.69) is 15.2 Å². The van der Waals surface area contributed by atoms with Gasteiger partial charge in [-0.2, -0.15) is 15.0 Å². The Morgan fingerprint density at radius 3 is 2.54 bits per heavy atom. The first kappa shape index (κ1) is 24.9. The van der Waals surface area contributed by atoms with Crippen molar-refractivity contribution in [2.45, 2.75) is 25.4 Å². The van der Waals surface area contributed by atoms with E-state index in [1.165, 1.54) is 24.3 Å². The molecule has 10 heteroatoms. The Morgan fingerprint density at radius 1 is 1.03 bits per heavy atom. The molecule has 8 nitrogen and oxygen atoms in total. The van der Waals surface area contributed by atoms with E-state index in [0.29, 0.717) is 31.1 Å². The minimum absolute atomic E-state index is 0.281. The highest BCUT2D eigenvalue weighted by Gasteiger charge is 2.35. The van der Waals surface area contributed by atoms with Gasteiger partial charge in [0.15, 0.2) is 0 Å². The molecule has 1 atom stereocenters. The number of carbonyl (C=O) groups is 1. The fraction of sp³-hybridized carbons (Fsp3) is 0.207. The third-order valence-electron chi connectivity index (χ3n) is 6.78. The molecule has 1 N–H and O–H groups in total. The highest BCUT2D eigenvalue weighted by molar-refractivity contribution is 6.31. The zero-order chi connectivity index (χ0) is 26.8. The summed E-state index contributed by atoms with van der Waals surface area (Å²) in [5.74, 6) is 0.614. The first-order valence-electron chi connectivity index (χ1n) is 12.7. The second kappa shape index (κ2) is 10.8. The molecule has 3 aromatic carbocycles. The number of ether oxygens (including phenoxy) is 2. The summed E-state index contributed by atoms with van der Waals surface area (Å²) in [5, 5.41) is 9.89. The number of hydrogen-bond acceptors (Lipinski definition) is 5. The molecule has 198 valence electrons. The summed E-state index contributed by atoms with van der Waals surface area (Å²) in [6.45, 7) is 1.63. The van der Waals surface area contributed by atoms with Gasteiger partial charge in [0.05, 0.1) is 25.5 Å². The Labute approximate surface area is 228 Å². The van der Waals surface area contributed by atoms with Gasteiger partial charge in [-0.25, -0.2) is 9.18 Å². The van der Waals surface area contributed by atoms with Crippen molar-refractivity contribution >= 4 is 28.6 Å². The third-order valence-corrected chi connectivity index (χ3v) is 7.01. The summed E-state index contributed by atoms with van der Waals surface area (Å²) < 4.78 is 24.9. The smallest absolute Gasteiger partial charge is 0.416 e. The lowest BCUT2D eigenvalue weighted by atomic mass is 9.92. The Morgan fingerprint density at radius 2 is 1.77 bits per heavy atom. The SMILES string of the molecule is O=C(Oc1ccc(F)cc1)N1CCc2c([nH]c3ccc(Cl)cc23)C1c1ccc(OCCCn2nccn2)cc1. The first-order chi connectivity index (χ1) is 19.0. The average molecular weight is 546 g/mol. The van der Waals surface area contributed by atoms with Gasteiger partial charge in [0.2, 0.25) is 0 Å². The van der Waals surface area contributed by atoms with E-state index in [1.54, 1.807) is 22.1 Å². The van der Waals surface area contributed by atoms with Crippen LogP contribution in [0.1, 0.15) is 29.3 Å². The normalized spacial score (nSPS) is 14.8. The number of aromatic amines is 1. The predicted octanol–water partition coefficient (Wildman–Crippen LogP) is 6.17. The molecule has 1 unspecified atom stereocenters. The van der Waals surface area contributed by atoms with E-state index in [1.807, 2.05) is 42.5 Å². The summed E-state index contributed by atoms with van der Waals surface area (Å²) in [7, 11) is 0. The second-order valence-electron chi connectivity index (χ2n) is 9.27. The van der Waals surface area contributed by atoms with Crippen molar-refractivity contribution in [1.82, 2.24) is 24.9 Å². The molecular weight excluding hydrogens is 521 g/mol. The standard InChI is InChI=1S/C29H25ClFN5O3/c30-20-4-11-26-25(18-20)24-12-16-35(29(37)39-23-9-5-21(31)6-10-23)28(27(24)34-26)19-2-7-22(8-3-19)38-17-1-15-36-32-13-14-33-36/h2-11,13-14,18,28,34H,1,12,15-17H2. The van der Waals surface area contributed by atoms with Crippen LogP contribution >= 0.6 is 11.6 Å². The van der Waals surface area contributed by atoms with Crippen LogP contribution in [0.3, 0.4) is 0 Å². The van der Waals surface area contributed by atoms with E-state index in [4.69, 9.17) is 21.1 Å². The molecule has 3 heterocycles. The molecule has 0 radical (unpaired) electrons. The minimum atomic E-state index is -0.512. The van der Waals surface area contributed by atoms with Crippen LogP contribution in [0.4, 0.5) is 9.18 Å². The van der Waals surface area contributed by atoms with E-state index in [-0.39, 0.29) is 5.75 Å². The molecule has 0 bridgehead atoms. The maximum absolute atomic E-state index is 13.4. The number of fused-ring (bicyclic) bond motifs is 3. The molecular formula is C29H25ClFN5O3. The molecule has 1 aliphatic heterocycles. The number of nitrogens with zero attached hydrogens (tertiary/aromatic N) is 4. The van der Waals surface area contributed by atoms with Crippen LogP contribution < -0.4 is 9.47 Å². The van der Waals surface area contributed by atoms with Crippen LogP contribution in [0.5, 0.6) is 11.5 Å². The molecule has 1 amide bonds. The van der Waals surface area contributed by atoms with Gasteiger partial charge in [-0.1, -0.05) is 23.7 Å². The van der Waals surface area contributed by atoms with Crippen LogP contribution in [0.25, 0.3) is 10.9 Å². The van der Waals surface area contributed by atoms with Crippen molar-refractivity contribution in [2.24, 2.45) is 0 Å². The van der Waals surface area contributed by atoms with E-state index in [0.717, 1.165) is 39.9 Å². The maximum Gasteiger partial charge on any atom is 0.416 e. The van der Waals surface area contributed by atoms with Gasteiger partial charge in [-0.05, 0) is 72.1 Å². The van der Waals surface area contributed by atoms with Crippen molar-refractivity contribution < 1.29 is 18.7 Å². The molecule has 0 spiro atoms. The second-order valence-corrected chi connectivity index (χ2v) is 9.71. The fourth-order valence-electron chi connectivity index (χ4n) is 4.97. The number of rotatable bonds is 7. The van der Waals surface area contributed by atoms with Gasteiger partial charge >= 0.3 is 6.09 Å². The number of aromatic nitrogens is 4. The van der Waals surface area contributed by atoms with Crippen molar-refractivity contribution in [3.8, 4) is 11.5 Å². The predicted molar refractivity (Wildman–Crippen MR) is 145 cm³/mol. The monoisotopic (exact) mass is 545 g/mol. The molecule has 0 saturated heterocycles. The number of benzene rings is 3. The topological polar surface area (TPSA) is 85.3 Å². The van der Waals surface area contributed by atoms with Crippen molar-refractivity contribution in [3.63, 3.8) is 0 Å². The number of amides is 1. The van der Waals surface area contributed by atoms with Gasteiger partial charge in [-0.3, -0.25) is 4.90 Å². The molecule has 6 rings (SSSR count). The Bertz CT molecular complexity index is 1590. The number of hydrogen-bond donors (Lipinski definition) is 1. The van der Waals surface area contributed by atoms with Crippen molar-refractivity contribution in [1.29, 1.82) is 0 Å². The first-order valence-corrected chi connectivity index (χ1v) is 13.0. The molecule has 2 aromatic heterocycles. The average Bonchev–Trinajstić information content (AvgIpc) is 3.60. The molecule has 0 saturated carbocycles. The number of aryl methyl sites for hydroxylation is 1. The van der Waals surface area contributed by atoms with Gasteiger partial charge in [0, 0.05) is 34.6 Å². The summed E-state index contributed by atoms with van der Waals surface area (Å²) in [6, 6.07) is 18.5. The van der Waals surface area contributed by atoms with E-state index in [9.17, 15) is 9.18 Å². The van der Waals surface area contributed by atoms with Crippen LogP contribution in [-0.4, -0.2) is 44.1 Å². The summed E-state index contributed by atoms with van der Waals surface area (Å²) in [5.41, 5.74) is 3.89. The number of halogens is 2. The van der Waals surface area contributed by atoms with E-state index >= 15 is 0 Å². The Kier molecular flexibility index (Phi) is 6.89. The van der Waals surface area contributed by atoms with Crippen LogP contribution in [0.2, 0.25) is 5.02 Å². The minimum Gasteiger partial charge on any atom is -0.494 e. The molecule has 39 heavy (non-hydrogen) atoms. The maximum atomic E-state index is 13.4. The van der Waals surface area contributed by atoms with Gasteiger partial charge in [-0.15, -0.1) is 0 Å². The molecule has 5 aromatic rings. The summed E-state index contributed by atoms with van der Waals surface area (Å²) in [4.78, 5) is 20.2. The molecule has 1 aliphatic rings. The largest absolute Gasteiger partial charge is 0.494 e. The Hall–Kier alpha value is -4.37.